The van der Waals surface area contributed by atoms with E-state index in [0.29, 0.717) is 5.92 Å². The van der Waals surface area contributed by atoms with Crippen molar-refractivity contribution in [2.24, 2.45) is 0 Å². The van der Waals surface area contributed by atoms with Gasteiger partial charge in [-0.2, -0.15) is 0 Å². The average Bonchev–Trinajstić information content (AvgIpc) is 3.13. The van der Waals surface area contributed by atoms with Gasteiger partial charge >= 0.3 is 0 Å². The van der Waals surface area contributed by atoms with Crippen LogP contribution in [0.25, 0.3) is 0 Å². The van der Waals surface area contributed by atoms with E-state index < -0.39 is 0 Å². The van der Waals surface area contributed by atoms with Crippen molar-refractivity contribution in [3.8, 4) is 5.75 Å². The van der Waals surface area contributed by atoms with Crippen molar-refractivity contribution in [2.45, 2.75) is 31.3 Å². The smallest absolute Gasteiger partial charge is 0.122 e. The van der Waals surface area contributed by atoms with Crippen LogP contribution >= 0.6 is 0 Å². The van der Waals surface area contributed by atoms with Gasteiger partial charge in [0, 0.05) is 31.4 Å². The highest BCUT2D eigenvalue weighted by molar-refractivity contribution is 5.49. The number of hydrogen-bond donors (Lipinski definition) is 2. The summed E-state index contributed by atoms with van der Waals surface area (Å²) in [6.45, 7) is 2.86. The molecule has 19 heavy (non-hydrogen) atoms. The Balaban J connectivity index is 1.63. The van der Waals surface area contributed by atoms with E-state index in [1.165, 1.54) is 18.4 Å². The summed E-state index contributed by atoms with van der Waals surface area (Å²) < 4.78 is 6.05. The summed E-state index contributed by atoms with van der Waals surface area (Å²) in [4.78, 5) is 2.23. The number of likely N-dealkylation sites (tertiary alicyclic amines) is 1. The third-order valence-electron chi connectivity index (χ3n) is 3.95. The van der Waals surface area contributed by atoms with Crippen molar-refractivity contribution in [2.75, 3.05) is 32.0 Å². The minimum absolute atomic E-state index is 0.219. The van der Waals surface area contributed by atoms with Crippen molar-refractivity contribution >= 4 is 5.69 Å². The lowest BCUT2D eigenvalue weighted by Crippen LogP contribution is -2.27. The molecule has 0 spiro atoms. The quantitative estimate of drug-likeness (QED) is 0.791. The van der Waals surface area contributed by atoms with E-state index in [1.807, 2.05) is 6.07 Å². The Labute approximate surface area is 114 Å². The molecule has 2 aliphatic rings. The normalized spacial score (nSPS) is 23.7. The minimum atomic E-state index is 0.219. The van der Waals surface area contributed by atoms with Crippen LogP contribution in [-0.2, 0) is 0 Å². The van der Waals surface area contributed by atoms with Crippen molar-refractivity contribution in [3.05, 3.63) is 23.8 Å². The minimum Gasteiger partial charge on any atom is -0.489 e. The van der Waals surface area contributed by atoms with Crippen molar-refractivity contribution in [1.82, 2.24) is 4.90 Å². The molecule has 1 aromatic carbocycles. The first-order valence-corrected chi connectivity index (χ1v) is 7.15. The fourth-order valence-corrected chi connectivity index (χ4v) is 2.80. The molecule has 104 valence electrons. The van der Waals surface area contributed by atoms with Gasteiger partial charge in [0.1, 0.15) is 11.9 Å². The first-order valence-electron chi connectivity index (χ1n) is 7.15. The Morgan fingerprint density at radius 1 is 1.26 bits per heavy atom. The van der Waals surface area contributed by atoms with Gasteiger partial charge in [-0.1, -0.05) is 0 Å². The molecule has 1 saturated heterocycles. The van der Waals surface area contributed by atoms with Gasteiger partial charge in [0.05, 0.1) is 6.61 Å². The van der Waals surface area contributed by atoms with Crippen LogP contribution in [0, 0.1) is 0 Å². The van der Waals surface area contributed by atoms with Crippen LogP contribution in [0.15, 0.2) is 18.2 Å². The molecule has 1 aliphatic heterocycles. The number of hydrogen-bond acceptors (Lipinski definition) is 4. The monoisotopic (exact) mass is 262 g/mol. The Kier molecular flexibility index (Phi) is 3.62. The Morgan fingerprint density at radius 3 is 2.84 bits per heavy atom. The maximum atomic E-state index is 8.94. The highest BCUT2D eigenvalue weighted by Crippen LogP contribution is 2.42. The zero-order valence-corrected chi connectivity index (χ0v) is 11.2. The Morgan fingerprint density at radius 2 is 2.11 bits per heavy atom. The highest BCUT2D eigenvalue weighted by atomic mass is 16.5. The van der Waals surface area contributed by atoms with E-state index in [2.05, 4.69) is 17.0 Å². The summed E-state index contributed by atoms with van der Waals surface area (Å²) in [5.41, 5.74) is 8.07. The van der Waals surface area contributed by atoms with Crippen LogP contribution in [0.4, 0.5) is 5.69 Å². The van der Waals surface area contributed by atoms with Gasteiger partial charge in [-0.25, -0.2) is 0 Å². The lowest BCUT2D eigenvalue weighted by atomic mass is 10.1. The van der Waals surface area contributed by atoms with Gasteiger partial charge < -0.3 is 15.6 Å². The number of nitrogens with zero attached hydrogens (tertiary/aromatic N) is 1. The van der Waals surface area contributed by atoms with Gasteiger partial charge in [0.15, 0.2) is 0 Å². The summed E-state index contributed by atoms with van der Waals surface area (Å²) in [6, 6.07) is 6.13. The first kappa shape index (κ1) is 12.8. The summed E-state index contributed by atoms with van der Waals surface area (Å²) in [6.07, 6.45) is 3.79. The molecule has 0 radical (unpaired) electrons. The number of benzene rings is 1. The zero-order chi connectivity index (χ0) is 13.2. The summed E-state index contributed by atoms with van der Waals surface area (Å²) in [7, 11) is 0. The largest absolute Gasteiger partial charge is 0.489 e. The molecule has 1 atom stereocenters. The number of nitrogens with two attached hydrogens (primary N) is 1. The van der Waals surface area contributed by atoms with Gasteiger partial charge in [0.25, 0.3) is 0 Å². The molecule has 0 amide bonds. The highest BCUT2D eigenvalue weighted by Gasteiger charge is 2.26. The standard InChI is InChI=1S/C15H22N2O2/c16-13-7-12(11-1-2-11)8-15(9-13)19-14-3-4-17(10-14)5-6-18/h7-9,11,14,18H,1-6,10,16H2. The molecule has 4 nitrogen and oxygen atoms in total. The second-order valence-corrected chi connectivity index (χ2v) is 5.66. The van der Waals surface area contributed by atoms with Crippen LogP contribution in [0.3, 0.4) is 0 Å². The predicted octanol–water partition coefficient (Wildman–Crippen LogP) is 1.59. The molecule has 1 aliphatic carbocycles. The van der Waals surface area contributed by atoms with E-state index in [1.54, 1.807) is 0 Å². The molecule has 3 N–H and O–H groups in total. The third-order valence-corrected chi connectivity index (χ3v) is 3.95. The number of aliphatic hydroxyl groups excluding tert-OH is 1. The Bertz CT molecular complexity index is 446. The molecule has 1 aromatic rings. The average molecular weight is 262 g/mol. The van der Waals surface area contributed by atoms with E-state index in [4.69, 9.17) is 15.6 Å². The number of rotatable bonds is 5. The summed E-state index contributed by atoms with van der Waals surface area (Å²) >= 11 is 0. The van der Waals surface area contributed by atoms with Gasteiger partial charge in [0.2, 0.25) is 0 Å². The zero-order valence-electron chi connectivity index (χ0n) is 11.2. The SMILES string of the molecule is Nc1cc(OC2CCN(CCO)C2)cc(C2CC2)c1. The number of ether oxygens (including phenoxy) is 1. The van der Waals surface area contributed by atoms with Crippen LogP contribution in [-0.4, -0.2) is 42.4 Å². The lowest BCUT2D eigenvalue weighted by molar-refractivity contribution is 0.181. The second-order valence-electron chi connectivity index (χ2n) is 5.66. The maximum Gasteiger partial charge on any atom is 0.122 e. The molecular weight excluding hydrogens is 240 g/mol. The molecule has 2 fully saturated rings. The van der Waals surface area contributed by atoms with Crippen molar-refractivity contribution in [1.29, 1.82) is 0 Å². The van der Waals surface area contributed by atoms with Crippen molar-refractivity contribution in [3.63, 3.8) is 0 Å². The predicted molar refractivity (Wildman–Crippen MR) is 75.4 cm³/mol. The van der Waals surface area contributed by atoms with Crippen LogP contribution in [0.5, 0.6) is 5.75 Å². The number of aliphatic hydroxyl groups is 1. The third kappa shape index (κ3) is 3.19. The molecule has 3 rings (SSSR count). The van der Waals surface area contributed by atoms with Gasteiger partial charge in [-0.3, -0.25) is 4.90 Å². The molecule has 0 bridgehead atoms. The van der Waals surface area contributed by atoms with E-state index in [9.17, 15) is 0 Å². The fourth-order valence-electron chi connectivity index (χ4n) is 2.80. The first-order chi connectivity index (χ1) is 9.24. The van der Waals surface area contributed by atoms with Crippen LogP contribution in [0.2, 0.25) is 0 Å². The van der Waals surface area contributed by atoms with E-state index >= 15 is 0 Å². The molecule has 1 unspecified atom stereocenters. The fraction of sp³-hybridized carbons (Fsp3) is 0.600. The number of β-amino-alcohol motifs (C(OH)–C–C–N with tert-alkyl or cyclic N) is 1. The molecule has 1 heterocycles. The second kappa shape index (κ2) is 5.39. The summed E-state index contributed by atoms with van der Waals surface area (Å²) in [5, 5.41) is 8.94. The topological polar surface area (TPSA) is 58.7 Å². The van der Waals surface area contributed by atoms with E-state index in [0.717, 1.165) is 37.5 Å². The van der Waals surface area contributed by atoms with E-state index in [-0.39, 0.29) is 12.7 Å². The lowest BCUT2D eigenvalue weighted by Gasteiger charge is -2.16. The maximum absolute atomic E-state index is 8.94. The molecule has 1 saturated carbocycles. The number of nitrogen functional groups attached to an aromatic ring is 1. The molecule has 4 heteroatoms. The number of anilines is 1. The van der Waals surface area contributed by atoms with Gasteiger partial charge in [-0.15, -0.1) is 0 Å². The molecular formula is C15H22N2O2. The van der Waals surface area contributed by atoms with Crippen LogP contribution in [0.1, 0.15) is 30.7 Å². The summed E-state index contributed by atoms with van der Waals surface area (Å²) in [5.74, 6) is 1.60. The van der Waals surface area contributed by atoms with Gasteiger partial charge in [-0.05, 0) is 42.9 Å². The molecule has 0 aromatic heterocycles. The Hall–Kier alpha value is -1.26. The van der Waals surface area contributed by atoms with Crippen molar-refractivity contribution < 1.29 is 9.84 Å². The van der Waals surface area contributed by atoms with Crippen LogP contribution < -0.4 is 10.5 Å².